The van der Waals surface area contributed by atoms with E-state index in [0.717, 1.165) is 25.7 Å². The first-order valence-corrected chi connectivity index (χ1v) is 12.5. The number of hydroxylamine groups is 2. The number of hydrogen-bond acceptors (Lipinski definition) is 5. The predicted octanol–water partition coefficient (Wildman–Crippen LogP) is 7.02. The van der Waals surface area contributed by atoms with Gasteiger partial charge in [0.1, 0.15) is 5.78 Å². The van der Waals surface area contributed by atoms with Crippen LogP contribution in [0.15, 0.2) is 0 Å². The quantitative estimate of drug-likeness (QED) is 0.166. The molecule has 27 heavy (non-hydrogen) atoms. The first kappa shape index (κ1) is 27.1. The van der Waals surface area contributed by atoms with Crippen molar-refractivity contribution in [3.8, 4) is 0 Å². The number of rotatable bonds is 15. The highest BCUT2D eigenvalue weighted by Gasteiger charge is 2.53. The van der Waals surface area contributed by atoms with Gasteiger partial charge >= 0.3 is 7.60 Å². The van der Waals surface area contributed by atoms with Crippen molar-refractivity contribution >= 4 is 7.60 Å². The van der Waals surface area contributed by atoms with Gasteiger partial charge in [-0.3, -0.25) is 9.40 Å². The van der Waals surface area contributed by atoms with Crippen molar-refractivity contribution in [3.63, 3.8) is 0 Å². The second kappa shape index (κ2) is 12.6. The molecule has 6 heteroatoms. The van der Waals surface area contributed by atoms with Gasteiger partial charge in [0, 0.05) is 5.54 Å². The van der Waals surface area contributed by atoms with Crippen molar-refractivity contribution in [3.05, 3.63) is 0 Å². The zero-order valence-electron chi connectivity index (χ0n) is 19.5. The molecule has 1 atom stereocenters. The zero-order chi connectivity index (χ0) is 21.1. The van der Waals surface area contributed by atoms with Crippen molar-refractivity contribution < 1.29 is 18.5 Å². The normalized spacial score (nSPS) is 14.7. The maximum atomic E-state index is 13.9. The van der Waals surface area contributed by atoms with Crippen LogP contribution in [0, 0.1) is 5.41 Å². The van der Waals surface area contributed by atoms with Gasteiger partial charge < -0.3 is 9.05 Å². The molecule has 0 aromatic rings. The highest BCUT2D eigenvalue weighted by Crippen LogP contribution is 2.62. The van der Waals surface area contributed by atoms with Crippen LogP contribution < -0.4 is 0 Å². The number of unbranched alkanes of at least 4 members (excludes halogenated alkanes) is 3. The third kappa shape index (κ3) is 8.14. The van der Waals surface area contributed by atoms with Gasteiger partial charge in [-0.2, -0.15) is 5.06 Å². The fraction of sp³-hybridized carbons (Fsp3) is 1.00. The van der Waals surface area contributed by atoms with Crippen LogP contribution in [0.3, 0.4) is 0 Å². The molecule has 0 aliphatic heterocycles. The van der Waals surface area contributed by atoms with Gasteiger partial charge in [0.25, 0.3) is 0 Å². The van der Waals surface area contributed by atoms with E-state index in [4.69, 9.17) is 13.9 Å². The van der Waals surface area contributed by atoms with Crippen molar-refractivity contribution in [2.45, 2.75) is 112 Å². The molecule has 0 aromatic carbocycles. The van der Waals surface area contributed by atoms with E-state index in [2.05, 4.69) is 48.5 Å². The van der Waals surface area contributed by atoms with Crippen LogP contribution in [0.5, 0.6) is 0 Å². The minimum atomic E-state index is -3.40. The van der Waals surface area contributed by atoms with E-state index < -0.39 is 13.4 Å². The minimum Gasteiger partial charge on any atom is -0.308 e. The van der Waals surface area contributed by atoms with Crippen molar-refractivity contribution in [1.82, 2.24) is 5.06 Å². The molecule has 1 unspecified atom stereocenters. The Morgan fingerprint density at radius 2 is 1.37 bits per heavy atom. The van der Waals surface area contributed by atoms with E-state index in [1.807, 2.05) is 18.9 Å². The van der Waals surface area contributed by atoms with Crippen LogP contribution in [0.1, 0.15) is 101 Å². The summed E-state index contributed by atoms with van der Waals surface area (Å²) in [6.07, 6.45) is 6.27. The summed E-state index contributed by atoms with van der Waals surface area (Å²) in [5, 5.41) is 1.93. The van der Waals surface area contributed by atoms with Crippen LogP contribution in [0.2, 0.25) is 0 Å². The topological polar surface area (TPSA) is 48.0 Å². The van der Waals surface area contributed by atoms with Gasteiger partial charge in [0.15, 0.2) is 0 Å². The standard InChI is InChI=1S/C21H46NO4P/c1-10-15-16-17-18-24-22(20(6,7)8)19(21(9,11-2)12-3)27(23,25-13-4)26-14-5/h19H,10-18H2,1-9H3. The largest absolute Gasteiger partial charge is 0.350 e. The molecule has 0 spiro atoms. The monoisotopic (exact) mass is 407 g/mol. The van der Waals surface area contributed by atoms with Crippen LogP contribution in [0.25, 0.3) is 0 Å². The molecule has 0 aliphatic rings. The van der Waals surface area contributed by atoms with Gasteiger partial charge in [-0.25, -0.2) is 0 Å². The van der Waals surface area contributed by atoms with Gasteiger partial charge in [0.05, 0.1) is 19.8 Å². The zero-order valence-corrected chi connectivity index (χ0v) is 20.4. The summed E-state index contributed by atoms with van der Waals surface area (Å²) >= 11 is 0. The lowest BCUT2D eigenvalue weighted by atomic mass is 9.83. The van der Waals surface area contributed by atoms with Gasteiger partial charge in [0.2, 0.25) is 0 Å². The van der Waals surface area contributed by atoms with Crippen LogP contribution in [-0.4, -0.2) is 36.2 Å². The molecule has 0 N–H and O–H groups in total. The van der Waals surface area contributed by atoms with Gasteiger partial charge in [-0.05, 0) is 59.3 Å². The number of hydrogen-bond donors (Lipinski definition) is 0. The third-order valence-electron chi connectivity index (χ3n) is 5.27. The molecule has 0 aromatic heterocycles. The fourth-order valence-corrected chi connectivity index (χ4v) is 6.14. The Labute approximate surface area is 169 Å². The molecule has 0 fully saturated rings. The molecule has 5 nitrogen and oxygen atoms in total. The SMILES string of the molecule is CCCCCCON(C(C(C)(CC)CC)P(=O)(OCC)OCC)C(C)(C)C. The minimum absolute atomic E-state index is 0.253. The highest BCUT2D eigenvalue weighted by atomic mass is 31.2. The van der Waals surface area contributed by atoms with Crippen LogP contribution >= 0.6 is 7.60 Å². The molecule has 0 saturated heterocycles. The van der Waals surface area contributed by atoms with Crippen molar-refractivity contribution in [1.29, 1.82) is 0 Å². The Morgan fingerprint density at radius 3 is 1.74 bits per heavy atom. The summed E-state index contributed by atoms with van der Waals surface area (Å²) in [7, 11) is -3.40. The van der Waals surface area contributed by atoms with Crippen LogP contribution in [-0.2, 0) is 18.5 Å². The van der Waals surface area contributed by atoms with E-state index in [1.165, 1.54) is 12.8 Å². The first-order valence-electron chi connectivity index (χ1n) is 10.9. The van der Waals surface area contributed by atoms with Crippen molar-refractivity contribution in [2.24, 2.45) is 5.41 Å². The second-order valence-corrected chi connectivity index (χ2v) is 10.6. The second-order valence-electron chi connectivity index (χ2n) is 8.50. The molecule has 0 bridgehead atoms. The summed E-state index contributed by atoms with van der Waals surface area (Å²) in [5.41, 5.74) is -0.582. The van der Waals surface area contributed by atoms with Gasteiger partial charge in [-0.1, -0.05) is 47.0 Å². The summed E-state index contributed by atoms with van der Waals surface area (Å²) in [5.74, 6) is -0.453. The lowest BCUT2D eigenvalue weighted by Crippen LogP contribution is -2.54. The third-order valence-corrected chi connectivity index (χ3v) is 7.94. The lowest BCUT2D eigenvalue weighted by Gasteiger charge is -2.49. The van der Waals surface area contributed by atoms with Crippen molar-refractivity contribution in [2.75, 3.05) is 19.8 Å². The summed E-state index contributed by atoms with van der Waals surface area (Å²) in [4.78, 5) is 6.31. The van der Waals surface area contributed by atoms with E-state index in [1.54, 1.807) is 0 Å². The average molecular weight is 408 g/mol. The molecule has 0 saturated carbocycles. The van der Waals surface area contributed by atoms with E-state index >= 15 is 0 Å². The Hall–Kier alpha value is 0.0700. The molecule has 164 valence electrons. The highest BCUT2D eigenvalue weighted by molar-refractivity contribution is 7.54. The van der Waals surface area contributed by atoms with Gasteiger partial charge in [-0.15, -0.1) is 0 Å². The predicted molar refractivity (Wildman–Crippen MR) is 115 cm³/mol. The molecule has 0 amide bonds. The molecule has 0 heterocycles. The smallest absolute Gasteiger partial charge is 0.308 e. The maximum Gasteiger partial charge on any atom is 0.350 e. The maximum absolute atomic E-state index is 13.9. The summed E-state index contributed by atoms with van der Waals surface area (Å²) in [6.45, 7) is 20.0. The molecular weight excluding hydrogens is 361 g/mol. The fourth-order valence-electron chi connectivity index (χ4n) is 3.27. The van der Waals surface area contributed by atoms with E-state index in [0.29, 0.717) is 19.8 Å². The first-order chi connectivity index (χ1) is 12.6. The Bertz CT molecular complexity index is 422. The lowest BCUT2D eigenvalue weighted by molar-refractivity contribution is -0.241. The molecule has 0 rings (SSSR count). The average Bonchev–Trinajstić information content (AvgIpc) is 2.59. The molecular formula is C21H46NO4P. The van der Waals surface area contributed by atoms with E-state index in [9.17, 15) is 4.57 Å². The Morgan fingerprint density at radius 1 is 0.852 bits per heavy atom. The summed E-state index contributed by atoms with van der Waals surface area (Å²) in [6, 6.07) is 0. The molecule has 0 aliphatic carbocycles. The van der Waals surface area contributed by atoms with E-state index in [-0.39, 0.29) is 11.0 Å². The number of nitrogens with zero attached hydrogens (tertiary/aromatic N) is 1. The Balaban J connectivity index is 5.95. The summed E-state index contributed by atoms with van der Waals surface area (Å²) < 4.78 is 25.6. The molecule has 0 radical (unpaired) electrons. The Kier molecular flexibility index (Phi) is 12.6. The van der Waals surface area contributed by atoms with Crippen LogP contribution in [0.4, 0.5) is 0 Å².